The van der Waals surface area contributed by atoms with Gasteiger partial charge in [0.1, 0.15) is 11.4 Å². The first-order valence-corrected chi connectivity index (χ1v) is 10.0. The van der Waals surface area contributed by atoms with Crippen molar-refractivity contribution in [3.05, 3.63) is 40.3 Å². The maximum Gasteiger partial charge on any atom is 0.266 e. The molecule has 0 saturated carbocycles. The van der Waals surface area contributed by atoms with Crippen LogP contribution in [0.4, 0.5) is 20.3 Å². The van der Waals surface area contributed by atoms with Gasteiger partial charge in [0.2, 0.25) is 0 Å². The molecule has 3 aliphatic heterocycles. The smallest absolute Gasteiger partial charge is 0.266 e. The molecule has 6 heterocycles. The van der Waals surface area contributed by atoms with Crippen molar-refractivity contribution in [1.29, 1.82) is 0 Å². The Balaban J connectivity index is 1.45. The lowest BCUT2D eigenvalue weighted by molar-refractivity contribution is 0.102. The number of fused-ring (bicyclic) bond motifs is 4. The number of piperidine rings is 2. The third-order valence-corrected chi connectivity index (χ3v) is 6.18. The quantitative estimate of drug-likeness (QED) is 0.700. The lowest BCUT2D eigenvalue weighted by Gasteiger charge is -2.46. The number of nitrogens with zero attached hydrogens (tertiary/aromatic N) is 4. The van der Waals surface area contributed by atoms with Gasteiger partial charge in [0.15, 0.2) is 5.65 Å². The first-order valence-electron chi connectivity index (χ1n) is 9.10. The Morgan fingerprint density at radius 1 is 1.36 bits per heavy atom. The van der Waals surface area contributed by atoms with Crippen LogP contribution in [0.5, 0.6) is 0 Å². The molecular weight excluding hydrogens is 386 g/mol. The van der Waals surface area contributed by atoms with Gasteiger partial charge in [-0.25, -0.2) is 18.3 Å². The van der Waals surface area contributed by atoms with Gasteiger partial charge in [-0.3, -0.25) is 4.79 Å². The fourth-order valence-electron chi connectivity index (χ4n) is 3.94. The fraction of sp³-hybridized carbons (Fsp3) is 0.389. The summed E-state index contributed by atoms with van der Waals surface area (Å²) in [4.78, 5) is 19.7. The van der Waals surface area contributed by atoms with Gasteiger partial charge in [0, 0.05) is 42.1 Å². The van der Waals surface area contributed by atoms with Crippen molar-refractivity contribution >= 4 is 34.4 Å². The molecule has 3 aromatic heterocycles. The number of alkyl halides is 2. The molecule has 0 aliphatic carbocycles. The van der Waals surface area contributed by atoms with Crippen LogP contribution in [0.3, 0.4) is 0 Å². The Labute approximate surface area is 163 Å². The molecule has 2 atom stereocenters. The van der Waals surface area contributed by atoms with Crippen molar-refractivity contribution in [3.63, 3.8) is 0 Å². The number of thiophene rings is 1. The number of halogens is 2. The van der Waals surface area contributed by atoms with E-state index in [0.29, 0.717) is 17.7 Å². The number of rotatable bonds is 4. The summed E-state index contributed by atoms with van der Waals surface area (Å²) in [5, 5.41) is 13.1. The molecule has 0 aromatic carbocycles. The van der Waals surface area contributed by atoms with Crippen molar-refractivity contribution in [2.24, 2.45) is 0 Å². The van der Waals surface area contributed by atoms with Crippen LogP contribution >= 0.6 is 11.3 Å². The number of piperazine rings is 1. The van der Waals surface area contributed by atoms with E-state index in [4.69, 9.17) is 0 Å². The predicted molar refractivity (Wildman–Crippen MR) is 102 cm³/mol. The highest BCUT2D eigenvalue weighted by Crippen LogP contribution is 2.31. The Hall–Kier alpha value is -2.59. The van der Waals surface area contributed by atoms with E-state index in [1.54, 1.807) is 6.20 Å². The van der Waals surface area contributed by atoms with E-state index in [-0.39, 0.29) is 16.8 Å². The second-order valence-electron chi connectivity index (χ2n) is 7.10. The number of carbonyl (C=O) groups is 1. The standard InChI is InChI=1S/C18H18F2N6OS/c19-16(20)13-8-28-9-14(13)23-18(27)12-6-22-26-4-3-15(24-17(12)26)25-7-10-1-2-11(25)5-21-10/h3-4,6,8-11,16,21H,1-2,5,7H2,(H,23,27)/t10-,11-/m1/s1. The normalized spacial score (nSPS) is 21.6. The highest BCUT2D eigenvalue weighted by molar-refractivity contribution is 7.08. The van der Waals surface area contributed by atoms with Crippen molar-refractivity contribution < 1.29 is 13.6 Å². The summed E-state index contributed by atoms with van der Waals surface area (Å²) in [6, 6.07) is 2.75. The molecular formula is C18H18F2N6OS. The molecule has 3 fully saturated rings. The zero-order valence-corrected chi connectivity index (χ0v) is 15.6. The van der Waals surface area contributed by atoms with Gasteiger partial charge in [0.25, 0.3) is 12.3 Å². The number of aromatic nitrogens is 3. The van der Waals surface area contributed by atoms with E-state index in [1.165, 1.54) is 21.5 Å². The Morgan fingerprint density at radius 3 is 2.96 bits per heavy atom. The summed E-state index contributed by atoms with van der Waals surface area (Å²) in [6.07, 6.45) is 2.83. The highest BCUT2D eigenvalue weighted by Gasteiger charge is 2.34. The molecule has 1 amide bonds. The van der Waals surface area contributed by atoms with Crippen LogP contribution in [-0.4, -0.2) is 45.7 Å². The second-order valence-corrected chi connectivity index (χ2v) is 7.84. The molecule has 0 radical (unpaired) electrons. The van der Waals surface area contributed by atoms with Crippen LogP contribution in [0, 0.1) is 0 Å². The molecule has 146 valence electrons. The molecule has 7 nitrogen and oxygen atoms in total. The molecule has 3 aromatic rings. The van der Waals surface area contributed by atoms with E-state index in [0.717, 1.165) is 43.1 Å². The first-order chi connectivity index (χ1) is 13.6. The molecule has 0 spiro atoms. The van der Waals surface area contributed by atoms with Crippen LogP contribution in [0.1, 0.15) is 35.2 Å². The SMILES string of the molecule is O=C(Nc1cscc1C(F)F)c1cnn2ccc(N3C[C@H]4CC[C@@H]3CN4)nc12. The molecule has 2 N–H and O–H groups in total. The molecule has 0 unspecified atom stereocenters. The molecule has 28 heavy (non-hydrogen) atoms. The summed E-state index contributed by atoms with van der Waals surface area (Å²) >= 11 is 1.12. The first kappa shape index (κ1) is 17.5. The van der Waals surface area contributed by atoms with Crippen molar-refractivity contribution in [2.75, 3.05) is 23.3 Å². The lowest BCUT2D eigenvalue weighted by atomic mass is 9.93. The van der Waals surface area contributed by atoms with Crippen LogP contribution in [0.25, 0.3) is 5.65 Å². The summed E-state index contributed by atoms with van der Waals surface area (Å²) in [7, 11) is 0. The number of anilines is 2. The Kier molecular flexibility index (Phi) is 4.24. The summed E-state index contributed by atoms with van der Waals surface area (Å²) in [5.41, 5.74) is 0.618. The second kappa shape index (κ2) is 6.78. The number of hydrogen-bond donors (Lipinski definition) is 2. The zero-order valence-electron chi connectivity index (χ0n) is 14.8. The van der Waals surface area contributed by atoms with E-state index in [1.807, 2.05) is 6.07 Å². The third kappa shape index (κ3) is 2.92. The van der Waals surface area contributed by atoms with Gasteiger partial charge in [-0.15, -0.1) is 11.3 Å². The van der Waals surface area contributed by atoms with E-state index in [9.17, 15) is 13.6 Å². The number of amides is 1. The largest absolute Gasteiger partial charge is 0.351 e. The minimum atomic E-state index is -2.64. The molecule has 6 rings (SSSR count). The fourth-order valence-corrected chi connectivity index (χ4v) is 4.71. The lowest BCUT2D eigenvalue weighted by Crippen LogP contribution is -2.61. The summed E-state index contributed by atoms with van der Waals surface area (Å²) in [6.45, 7) is 1.81. The van der Waals surface area contributed by atoms with Crippen LogP contribution < -0.4 is 15.5 Å². The van der Waals surface area contributed by atoms with Crippen LogP contribution in [0.2, 0.25) is 0 Å². The minimum Gasteiger partial charge on any atom is -0.351 e. The number of hydrogen-bond acceptors (Lipinski definition) is 6. The predicted octanol–water partition coefficient (Wildman–Crippen LogP) is 2.92. The van der Waals surface area contributed by atoms with Crippen LogP contribution in [0.15, 0.2) is 29.2 Å². The van der Waals surface area contributed by atoms with E-state index >= 15 is 0 Å². The molecule has 3 saturated heterocycles. The van der Waals surface area contributed by atoms with Crippen molar-refractivity contribution in [2.45, 2.75) is 31.4 Å². The highest BCUT2D eigenvalue weighted by atomic mass is 32.1. The zero-order chi connectivity index (χ0) is 19.3. The van der Waals surface area contributed by atoms with Gasteiger partial charge < -0.3 is 15.5 Å². The molecule has 3 aliphatic rings. The van der Waals surface area contributed by atoms with Crippen molar-refractivity contribution in [3.8, 4) is 0 Å². The average Bonchev–Trinajstić information content (AvgIpc) is 3.35. The van der Waals surface area contributed by atoms with Gasteiger partial charge >= 0.3 is 0 Å². The summed E-state index contributed by atoms with van der Waals surface area (Å²) in [5.74, 6) is 0.309. The van der Waals surface area contributed by atoms with Gasteiger partial charge in [-0.1, -0.05) is 0 Å². The maximum atomic E-state index is 13.1. The average molecular weight is 404 g/mol. The van der Waals surface area contributed by atoms with Crippen LogP contribution in [-0.2, 0) is 0 Å². The van der Waals surface area contributed by atoms with E-state index in [2.05, 4.69) is 25.6 Å². The van der Waals surface area contributed by atoms with Gasteiger partial charge in [0.05, 0.1) is 17.4 Å². The Bertz CT molecular complexity index is 1030. The number of nitrogens with one attached hydrogen (secondary N) is 2. The molecule has 2 bridgehead atoms. The van der Waals surface area contributed by atoms with E-state index < -0.39 is 12.3 Å². The Morgan fingerprint density at radius 2 is 2.25 bits per heavy atom. The third-order valence-electron chi connectivity index (χ3n) is 5.42. The van der Waals surface area contributed by atoms with Crippen molar-refractivity contribution in [1.82, 2.24) is 19.9 Å². The topological polar surface area (TPSA) is 74.6 Å². The molecule has 10 heteroatoms. The van der Waals surface area contributed by atoms with Gasteiger partial charge in [-0.2, -0.15) is 5.10 Å². The maximum absolute atomic E-state index is 13.1. The minimum absolute atomic E-state index is 0.125. The summed E-state index contributed by atoms with van der Waals surface area (Å²) < 4.78 is 27.6. The number of carbonyl (C=O) groups excluding carboxylic acids is 1. The monoisotopic (exact) mass is 404 g/mol. The van der Waals surface area contributed by atoms with Gasteiger partial charge in [-0.05, 0) is 18.9 Å².